The Morgan fingerprint density at radius 2 is 2.05 bits per heavy atom. The molecule has 1 N–H and O–H groups in total. The van der Waals surface area contributed by atoms with Crippen molar-refractivity contribution in [3.05, 3.63) is 48.3 Å². The summed E-state index contributed by atoms with van der Waals surface area (Å²) in [5.74, 6) is 0. The average molecular weight is 254 g/mol. The first kappa shape index (κ1) is 13.3. The van der Waals surface area contributed by atoms with Crippen LogP contribution in [0.5, 0.6) is 0 Å². The second-order valence-electron chi connectivity index (χ2n) is 5.23. The SMILES string of the molecule is CC(C)(C#N)CNCc1cnn(-c2ccccc2)c1. The molecule has 2 rings (SSSR count). The highest BCUT2D eigenvalue weighted by Crippen LogP contribution is 2.11. The predicted octanol–water partition coefficient (Wildman–Crippen LogP) is 2.51. The van der Waals surface area contributed by atoms with Crippen LogP contribution in [0.25, 0.3) is 5.69 Å². The van der Waals surface area contributed by atoms with Crippen molar-refractivity contribution < 1.29 is 0 Å². The van der Waals surface area contributed by atoms with Crippen LogP contribution in [-0.2, 0) is 6.54 Å². The van der Waals surface area contributed by atoms with E-state index in [0.29, 0.717) is 6.54 Å². The Balaban J connectivity index is 1.94. The maximum atomic E-state index is 8.94. The minimum Gasteiger partial charge on any atom is -0.311 e. The monoisotopic (exact) mass is 254 g/mol. The van der Waals surface area contributed by atoms with E-state index in [4.69, 9.17) is 5.26 Å². The van der Waals surface area contributed by atoms with Crippen molar-refractivity contribution in [2.75, 3.05) is 6.54 Å². The molecular weight excluding hydrogens is 236 g/mol. The first-order valence-electron chi connectivity index (χ1n) is 6.32. The Labute approximate surface area is 113 Å². The standard InChI is InChI=1S/C15H18N4/c1-15(2,11-16)12-17-8-13-9-18-19(10-13)14-6-4-3-5-7-14/h3-7,9-10,17H,8,12H2,1-2H3. The van der Waals surface area contributed by atoms with Gasteiger partial charge in [-0.2, -0.15) is 10.4 Å². The summed E-state index contributed by atoms with van der Waals surface area (Å²) < 4.78 is 1.85. The van der Waals surface area contributed by atoms with Crippen LogP contribution in [-0.4, -0.2) is 16.3 Å². The first-order valence-corrected chi connectivity index (χ1v) is 6.32. The van der Waals surface area contributed by atoms with Gasteiger partial charge in [0.05, 0.1) is 23.4 Å². The van der Waals surface area contributed by atoms with Crippen LogP contribution in [0.4, 0.5) is 0 Å². The van der Waals surface area contributed by atoms with E-state index in [1.54, 1.807) is 0 Å². The summed E-state index contributed by atoms with van der Waals surface area (Å²) in [6, 6.07) is 12.3. The molecule has 1 heterocycles. The van der Waals surface area contributed by atoms with Gasteiger partial charge in [-0.3, -0.25) is 0 Å². The van der Waals surface area contributed by atoms with E-state index in [1.165, 1.54) is 0 Å². The molecule has 19 heavy (non-hydrogen) atoms. The lowest BCUT2D eigenvalue weighted by Crippen LogP contribution is -2.27. The summed E-state index contributed by atoms with van der Waals surface area (Å²) in [6.07, 6.45) is 3.85. The smallest absolute Gasteiger partial charge is 0.0697 e. The molecule has 0 radical (unpaired) electrons. The third-order valence-electron chi connectivity index (χ3n) is 2.86. The van der Waals surface area contributed by atoms with Gasteiger partial charge < -0.3 is 5.32 Å². The van der Waals surface area contributed by atoms with Crippen molar-refractivity contribution in [3.63, 3.8) is 0 Å². The summed E-state index contributed by atoms with van der Waals surface area (Å²) in [4.78, 5) is 0. The molecule has 0 bridgehead atoms. The zero-order valence-electron chi connectivity index (χ0n) is 11.3. The Hall–Kier alpha value is -2.12. The summed E-state index contributed by atoms with van der Waals surface area (Å²) in [5.41, 5.74) is 1.82. The number of benzene rings is 1. The Kier molecular flexibility index (Phi) is 3.98. The quantitative estimate of drug-likeness (QED) is 0.892. The van der Waals surface area contributed by atoms with Crippen molar-refractivity contribution in [1.82, 2.24) is 15.1 Å². The van der Waals surface area contributed by atoms with E-state index < -0.39 is 0 Å². The van der Waals surface area contributed by atoms with Gasteiger partial charge in [0.1, 0.15) is 0 Å². The van der Waals surface area contributed by atoms with Gasteiger partial charge in [0, 0.05) is 24.8 Å². The fourth-order valence-electron chi connectivity index (χ4n) is 1.73. The summed E-state index contributed by atoms with van der Waals surface area (Å²) in [6.45, 7) is 5.23. The molecule has 0 aliphatic rings. The lowest BCUT2D eigenvalue weighted by atomic mass is 9.96. The van der Waals surface area contributed by atoms with Crippen LogP contribution < -0.4 is 5.32 Å². The largest absolute Gasteiger partial charge is 0.311 e. The fraction of sp³-hybridized carbons (Fsp3) is 0.333. The van der Waals surface area contributed by atoms with E-state index in [2.05, 4.69) is 16.5 Å². The van der Waals surface area contributed by atoms with Crippen molar-refractivity contribution in [1.29, 1.82) is 5.26 Å². The van der Waals surface area contributed by atoms with E-state index in [-0.39, 0.29) is 5.41 Å². The predicted molar refractivity (Wildman–Crippen MR) is 74.7 cm³/mol. The van der Waals surface area contributed by atoms with E-state index in [9.17, 15) is 0 Å². The molecule has 0 unspecified atom stereocenters. The topological polar surface area (TPSA) is 53.6 Å². The van der Waals surface area contributed by atoms with Crippen molar-refractivity contribution >= 4 is 0 Å². The van der Waals surface area contributed by atoms with Crippen LogP contribution in [0.2, 0.25) is 0 Å². The highest BCUT2D eigenvalue weighted by molar-refractivity contribution is 5.30. The molecule has 0 atom stereocenters. The zero-order valence-corrected chi connectivity index (χ0v) is 11.3. The van der Waals surface area contributed by atoms with Crippen LogP contribution >= 0.6 is 0 Å². The van der Waals surface area contributed by atoms with Gasteiger partial charge in [0.15, 0.2) is 0 Å². The third kappa shape index (κ3) is 3.67. The molecule has 1 aromatic heterocycles. The van der Waals surface area contributed by atoms with Crippen molar-refractivity contribution in [2.45, 2.75) is 20.4 Å². The number of rotatable bonds is 5. The van der Waals surface area contributed by atoms with Gasteiger partial charge >= 0.3 is 0 Å². The molecule has 0 saturated carbocycles. The molecule has 0 amide bonds. The number of hydrogen-bond donors (Lipinski definition) is 1. The molecule has 0 saturated heterocycles. The summed E-state index contributed by atoms with van der Waals surface area (Å²) in [5, 5.41) is 16.6. The average Bonchev–Trinajstić information content (AvgIpc) is 2.88. The minimum atomic E-state index is -0.338. The molecule has 4 nitrogen and oxygen atoms in total. The number of nitriles is 1. The van der Waals surface area contributed by atoms with E-state index in [1.807, 2.05) is 61.3 Å². The number of para-hydroxylation sites is 1. The van der Waals surface area contributed by atoms with Gasteiger partial charge in [-0.15, -0.1) is 0 Å². The van der Waals surface area contributed by atoms with Crippen molar-refractivity contribution in [3.8, 4) is 11.8 Å². The number of nitrogens with one attached hydrogen (secondary N) is 1. The lowest BCUT2D eigenvalue weighted by Gasteiger charge is -2.15. The van der Waals surface area contributed by atoms with E-state index >= 15 is 0 Å². The Morgan fingerprint density at radius 3 is 2.74 bits per heavy atom. The second kappa shape index (κ2) is 5.68. The molecular formula is C15H18N4. The molecule has 0 spiro atoms. The summed E-state index contributed by atoms with van der Waals surface area (Å²) >= 11 is 0. The van der Waals surface area contributed by atoms with Crippen LogP contribution in [0.15, 0.2) is 42.7 Å². The molecule has 98 valence electrons. The number of hydrogen-bond acceptors (Lipinski definition) is 3. The van der Waals surface area contributed by atoms with Gasteiger partial charge in [0.25, 0.3) is 0 Å². The molecule has 1 aromatic carbocycles. The molecule has 0 aliphatic carbocycles. The maximum absolute atomic E-state index is 8.94. The van der Waals surface area contributed by atoms with Gasteiger partial charge in [-0.1, -0.05) is 18.2 Å². The Morgan fingerprint density at radius 1 is 1.32 bits per heavy atom. The van der Waals surface area contributed by atoms with E-state index in [0.717, 1.165) is 17.8 Å². The normalized spacial score (nSPS) is 11.2. The molecule has 0 fully saturated rings. The number of aromatic nitrogens is 2. The first-order chi connectivity index (χ1) is 9.11. The highest BCUT2D eigenvalue weighted by Gasteiger charge is 2.15. The third-order valence-corrected chi connectivity index (χ3v) is 2.86. The maximum Gasteiger partial charge on any atom is 0.0697 e. The number of nitrogens with zero attached hydrogens (tertiary/aromatic N) is 3. The van der Waals surface area contributed by atoms with Crippen LogP contribution in [0.1, 0.15) is 19.4 Å². The molecule has 4 heteroatoms. The molecule has 2 aromatic rings. The minimum absolute atomic E-state index is 0.338. The van der Waals surface area contributed by atoms with Crippen molar-refractivity contribution in [2.24, 2.45) is 5.41 Å². The molecule has 0 aliphatic heterocycles. The zero-order chi connectivity index (χ0) is 13.7. The van der Waals surface area contributed by atoms with Crippen LogP contribution in [0, 0.1) is 16.7 Å². The lowest BCUT2D eigenvalue weighted by molar-refractivity contribution is 0.445. The summed E-state index contributed by atoms with van der Waals surface area (Å²) in [7, 11) is 0. The fourth-order valence-corrected chi connectivity index (χ4v) is 1.73. The van der Waals surface area contributed by atoms with Crippen LogP contribution in [0.3, 0.4) is 0 Å². The highest BCUT2D eigenvalue weighted by atomic mass is 15.3. The van der Waals surface area contributed by atoms with Gasteiger partial charge in [-0.25, -0.2) is 4.68 Å². The Bertz CT molecular complexity index is 563. The van der Waals surface area contributed by atoms with Gasteiger partial charge in [0.2, 0.25) is 0 Å². The van der Waals surface area contributed by atoms with Gasteiger partial charge in [-0.05, 0) is 26.0 Å². The second-order valence-corrected chi connectivity index (χ2v) is 5.23.